The number of allylic oxidation sites excluding steroid dienone is 1. The van der Waals surface area contributed by atoms with E-state index < -0.39 is 43.4 Å². The number of H-pyrrole nitrogens is 1. The van der Waals surface area contributed by atoms with Gasteiger partial charge in [-0.05, 0) is 160 Å². The third-order valence-electron chi connectivity index (χ3n) is 18.4. The number of nitro groups is 1. The Kier molecular flexibility index (Phi) is 20.0. The Labute approximate surface area is 531 Å². The van der Waals surface area contributed by atoms with Crippen LogP contribution in [-0.4, -0.2) is 127 Å². The maximum absolute atomic E-state index is 14.2. The van der Waals surface area contributed by atoms with E-state index in [1.807, 2.05) is 36.4 Å². The fourth-order valence-corrected chi connectivity index (χ4v) is 14.2. The number of anilines is 2. The van der Waals surface area contributed by atoms with Gasteiger partial charge in [-0.2, -0.15) is 0 Å². The van der Waals surface area contributed by atoms with Crippen LogP contribution < -0.4 is 25.0 Å². The maximum Gasteiger partial charge on any atom is 0.293 e. The fourth-order valence-electron chi connectivity index (χ4n) is 13.1. The van der Waals surface area contributed by atoms with Crippen LogP contribution in [0.4, 0.5) is 17.1 Å². The Bertz CT molecular complexity index is 3880. The monoisotopic (exact) mass is 1260 g/mol. The molecular formula is C69H79ClN10O9S. The molecule has 6 heterocycles. The second-order valence-corrected chi connectivity index (χ2v) is 27.5. The minimum Gasteiger partial charge on any atom is -0.455 e. The van der Waals surface area contributed by atoms with Gasteiger partial charge in [-0.1, -0.05) is 93.2 Å². The molecule has 4 aromatic carbocycles. The predicted molar refractivity (Wildman–Crippen MR) is 349 cm³/mol. The summed E-state index contributed by atoms with van der Waals surface area (Å²) in [6.07, 6.45) is 17.6. The van der Waals surface area contributed by atoms with Gasteiger partial charge in [-0.15, -0.1) is 0 Å². The molecule has 19 nitrogen and oxygen atoms in total. The van der Waals surface area contributed by atoms with E-state index in [9.17, 15) is 37.7 Å². The van der Waals surface area contributed by atoms with Crippen molar-refractivity contribution in [2.24, 2.45) is 11.3 Å². The molecule has 4 amide bonds. The van der Waals surface area contributed by atoms with Crippen molar-refractivity contribution < 1.29 is 37.3 Å². The SMILES string of the molecule is CC1(C)CCC(CN2CCN(c3ccc(C(=O)NS(=O)(=O)c4ccc(NCC5CCN(CCCCCCCCCC#Cc6ccc7c(c6)C(=O)N(C6CCC(=O)NC6=O)C7)CC5)c([N+](=O)[O-])c4)c(Oc4cnc5[nH]ccc5c4)c3)CC2)=C(c2ccc(Cl)cc2)C1. The molecule has 3 fully saturated rings. The second-order valence-electron chi connectivity index (χ2n) is 25.4. The van der Waals surface area contributed by atoms with E-state index in [2.05, 4.69) is 77.8 Å². The smallest absolute Gasteiger partial charge is 0.293 e. The van der Waals surface area contributed by atoms with Gasteiger partial charge in [0.25, 0.3) is 27.5 Å². The van der Waals surface area contributed by atoms with Gasteiger partial charge in [0.1, 0.15) is 28.9 Å². The number of piperazine rings is 1. The van der Waals surface area contributed by atoms with Crippen LogP contribution in [0.3, 0.4) is 0 Å². The normalized spacial score (nSPS) is 18.3. The largest absolute Gasteiger partial charge is 0.455 e. The molecule has 11 rings (SSSR count). The lowest BCUT2D eigenvalue weighted by atomic mass is 9.72. The average Bonchev–Trinajstić information content (AvgIpc) is 1.55. The zero-order chi connectivity index (χ0) is 62.9. The molecule has 5 aliphatic rings. The van der Waals surface area contributed by atoms with Crippen LogP contribution in [0.15, 0.2) is 114 Å². The number of carbonyl (C=O) groups excluding carboxylic acids is 4. The number of nitro benzene ring substituents is 1. The van der Waals surface area contributed by atoms with Crippen molar-refractivity contribution in [3.8, 4) is 23.3 Å². The molecule has 1 atom stereocenters. The third-order valence-corrected chi connectivity index (χ3v) is 20.0. The van der Waals surface area contributed by atoms with Gasteiger partial charge in [0.2, 0.25) is 11.8 Å². The van der Waals surface area contributed by atoms with Crippen LogP contribution >= 0.6 is 11.6 Å². The second kappa shape index (κ2) is 28.4. The van der Waals surface area contributed by atoms with E-state index >= 15 is 0 Å². The van der Waals surface area contributed by atoms with E-state index in [4.69, 9.17) is 16.3 Å². The highest BCUT2D eigenvalue weighted by Crippen LogP contribution is 2.44. The van der Waals surface area contributed by atoms with E-state index in [1.165, 1.54) is 47.9 Å². The Hall–Kier alpha value is -8.09. The lowest BCUT2D eigenvalue weighted by molar-refractivity contribution is -0.384. The molecule has 3 saturated heterocycles. The van der Waals surface area contributed by atoms with Crippen molar-refractivity contribution in [2.75, 3.05) is 69.1 Å². The first kappa shape index (κ1) is 63.5. The van der Waals surface area contributed by atoms with E-state index in [0.29, 0.717) is 49.6 Å². The molecule has 0 saturated carbocycles. The number of amides is 4. The standard InChI is InChI=1S/C69H79ClN10O9S/c1-69(2)29-25-52(59(42-69)49-15-17-53(70)18-16-49)45-77-34-36-78(37-35-77)54-19-21-57(63(40-54)89-55-39-50-26-30-71-65(50)73-44-55)66(82)75-90(87,88)56-20-22-60(62(41-56)80(85)86)72-43-48-27-32-76(33-28-48)31-11-9-7-5-3-4-6-8-10-12-47-13-14-51-46-79(68(84)58(51)38-47)61-23-24-64(81)74-67(61)83/h13-22,26,30,38-41,44,48,61,72H,3-9,11,23-25,27-29,31-37,42-43,45-46H2,1-2H3,(H,71,73)(H,75,82)(H,74,81,83). The number of hydrogen-bond acceptors (Lipinski definition) is 14. The Morgan fingerprint density at radius 3 is 2.39 bits per heavy atom. The van der Waals surface area contributed by atoms with Gasteiger partial charge >= 0.3 is 0 Å². The zero-order valence-electron chi connectivity index (χ0n) is 51.3. The number of nitrogens with one attached hydrogen (secondary N) is 4. The summed E-state index contributed by atoms with van der Waals surface area (Å²) >= 11 is 6.28. The predicted octanol–water partition coefficient (Wildman–Crippen LogP) is 11.9. The fraction of sp³-hybridized carbons (Fsp3) is 0.435. The molecule has 1 aliphatic carbocycles. The summed E-state index contributed by atoms with van der Waals surface area (Å²) in [5, 5.41) is 19.6. The summed E-state index contributed by atoms with van der Waals surface area (Å²) in [6.45, 7) is 12.3. The molecule has 4 N–H and O–H groups in total. The number of carbonyl (C=O) groups is 4. The molecular weight excluding hydrogens is 1180 g/mol. The zero-order valence-corrected chi connectivity index (χ0v) is 52.9. The number of piperidine rings is 2. The molecule has 6 aromatic rings. The van der Waals surface area contributed by atoms with Gasteiger partial charge in [0, 0.05) is 104 Å². The lowest BCUT2D eigenvalue weighted by Gasteiger charge is -2.39. The van der Waals surface area contributed by atoms with Crippen LogP contribution in [0.25, 0.3) is 16.6 Å². The molecule has 0 bridgehead atoms. The highest BCUT2D eigenvalue weighted by atomic mass is 35.5. The first-order valence-corrected chi connectivity index (χ1v) is 33.6. The van der Waals surface area contributed by atoms with Gasteiger partial charge in [0.05, 0.1) is 21.6 Å². The number of likely N-dealkylation sites (tertiary alicyclic amines) is 1. The molecule has 0 radical (unpaired) electrons. The van der Waals surface area contributed by atoms with Gasteiger partial charge < -0.3 is 29.7 Å². The summed E-state index contributed by atoms with van der Waals surface area (Å²) in [4.78, 5) is 79.0. The number of rotatable bonds is 23. The van der Waals surface area contributed by atoms with Gasteiger partial charge in [-0.3, -0.25) is 39.5 Å². The Morgan fingerprint density at radius 1 is 0.856 bits per heavy atom. The summed E-state index contributed by atoms with van der Waals surface area (Å²) in [7, 11) is -4.61. The molecule has 4 aliphatic heterocycles. The van der Waals surface area contributed by atoms with Crippen molar-refractivity contribution >= 4 is 78.9 Å². The number of sulfonamides is 1. The number of fused-ring (bicyclic) bond motifs is 2. The number of halogens is 1. The first-order valence-electron chi connectivity index (χ1n) is 31.7. The van der Waals surface area contributed by atoms with Crippen LogP contribution in [0.5, 0.6) is 11.5 Å². The van der Waals surface area contributed by atoms with Gasteiger partial charge in [0.15, 0.2) is 0 Å². The topological polar surface area (TPSA) is 233 Å². The molecule has 472 valence electrons. The van der Waals surface area contributed by atoms with Crippen LogP contribution in [0.2, 0.25) is 5.02 Å². The summed E-state index contributed by atoms with van der Waals surface area (Å²) in [6, 6.07) is 25.6. The number of benzene rings is 4. The number of aromatic amines is 1. The highest BCUT2D eigenvalue weighted by Gasteiger charge is 2.39. The van der Waals surface area contributed by atoms with Crippen molar-refractivity contribution in [1.82, 2.24) is 34.7 Å². The molecule has 1 unspecified atom stereocenters. The van der Waals surface area contributed by atoms with Crippen molar-refractivity contribution in [1.29, 1.82) is 0 Å². The number of ether oxygens (including phenoxy) is 1. The summed E-state index contributed by atoms with van der Waals surface area (Å²) in [5.74, 6) is 5.34. The Balaban J connectivity index is 0.621. The first-order chi connectivity index (χ1) is 43.4. The van der Waals surface area contributed by atoms with E-state index in [0.717, 1.165) is 143 Å². The van der Waals surface area contributed by atoms with Crippen LogP contribution in [0.1, 0.15) is 148 Å². The lowest BCUT2D eigenvalue weighted by Crippen LogP contribution is -2.52. The number of nitrogens with zero attached hydrogens (tertiary/aromatic N) is 6. The van der Waals surface area contributed by atoms with Crippen molar-refractivity contribution in [2.45, 2.75) is 128 Å². The molecule has 90 heavy (non-hydrogen) atoms. The molecule has 0 spiro atoms. The average molecular weight is 1260 g/mol. The van der Waals surface area contributed by atoms with Crippen molar-refractivity contribution in [3.63, 3.8) is 0 Å². The van der Waals surface area contributed by atoms with Crippen LogP contribution in [0, 0.1) is 33.3 Å². The van der Waals surface area contributed by atoms with E-state index in [-0.39, 0.29) is 46.6 Å². The minimum absolute atomic E-state index is 0.0434. The number of imide groups is 1. The highest BCUT2D eigenvalue weighted by molar-refractivity contribution is 7.90. The van der Waals surface area contributed by atoms with Crippen LogP contribution in [-0.2, 0) is 26.2 Å². The number of pyridine rings is 1. The molecule has 2 aromatic heterocycles. The number of aromatic nitrogens is 2. The third kappa shape index (κ3) is 15.7. The minimum atomic E-state index is -4.61. The summed E-state index contributed by atoms with van der Waals surface area (Å²) < 4.78 is 36.5. The Morgan fingerprint density at radius 2 is 1.62 bits per heavy atom. The quantitative estimate of drug-likeness (QED) is 0.0154. The molecule has 21 heteroatoms. The number of unbranched alkanes of at least 4 members (excludes halogenated alkanes) is 7. The summed E-state index contributed by atoms with van der Waals surface area (Å²) in [5.41, 5.74) is 7.73. The van der Waals surface area contributed by atoms with E-state index in [1.54, 1.807) is 35.4 Å². The number of hydrogen-bond donors (Lipinski definition) is 4. The van der Waals surface area contributed by atoms with Crippen molar-refractivity contribution in [3.05, 3.63) is 152 Å². The van der Waals surface area contributed by atoms with Gasteiger partial charge in [-0.25, -0.2) is 18.1 Å². The maximum atomic E-state index is 14.2.